The van der Waals surface area contributed by atoms with Crippen molar-refractivity contribution < 1.29 is 19.1 Å². The van der Waals surface area contributed by atoms with Crippen LogP contribution in [0.5, 0.6) is 0 Å². The number of rotatable bonds is 6. The topological polar surface area (TPSA) is 77.3 Å². The van der Waals surface area contributed by atoms with Crippen molar-refractivity contribution in [3.05, 3.63) is 20.3 Å². The molecular weight excluding hydrogens is 394 g/mol. The Bertz CT molecular complexity index is 428. The van der Waals surface area contributed by atoms with E-state index in [0.717, 1.165) is 0 Å². The molecule has 2 radical (unpaired) electrons. The third-order valence-corrected chi connectivity index (χ3v) is 3.87. The molecule has 0 fully saturated rings. The van der Waals surface area contributed by atoms with Crippen LogP contribution in [0.4, 0.5) is 0 Å². The number of ether oxygens (including phenoxy) is 2. The minimum absolute atomic E-state index is 0.251. The van der Waals surface area contributed by atoms with E-state index in [0.29, 0.717) is 11.4 Å². The number of hydrogen-bond donors (Lipinski definition) is 0. The number of esters is 2. The Labute approximate surface area is 134 Å². The second-order valence-corrected chi connectivity index (χ2v) is 5.18. The van der Waals surface area contributed by atoms with E-state index in [2.05, 4.69) is 42.3 Å². The van der Waals surface area contributed by atoms with Crippen molar-refractivity contribution in [3.63, 3.8) is 0 Å². The molecule has 0 aromatic carbocycles. The van der Waals surface area contributed by atoms with Gasteiger partial charge in [-0.3, -0.25) is 0 Å². The van der Waals surface area contributed by atoms with Crippen LogP contribution in [0.25, 0.3) is 0 Å². The van der Waals surface area contributed by atoms with Crippen LogP contribution in [0.15, 0.2) is 30.6 Å². The molecule has 0 aliphatic rings. The molecular formula is C12H16N2O4Se2. The summed E-state index contributed by atoms with van der Waals surface area (Å²) in [5.41, 5.74) is 0.749. The van der Waals surface area contributed by atoms with Gasteiger partial charge in [-0.05, 0) is 0 Å². The van der Waals surface area contributed by atoms with E-state index in [1.54, 1.807) is 27.7 Å². The second kappa shape index (κ2) is 9.88. The number of carbonyl (C=O) groups is 2. The molecule has 0 saturated carbocycles. The average Bonchev–Trinajstić information content (AvgIpc) is 2.43. The van der Waals surface area contributed by atoms with Gasteiger partial charge in [-0.1, -0.05) is 0 Å². The van der Waals surface area contributed by atoms with Crippen LogP contribution in [-0.4, -0.2) is 57.2 Å². The van der Waals surface area contributed by atoms with E-state index < -0.39 is 11.9 Å². The predicted molar refractivity (Wildman–Crippen MR) is 75.0 cm³/mol. The number of azo groups is 1. The first-order chi connectivity index (χ1) is 9.34. The first-order valence-electron chi connectivity index (χ1n) is 5.86. The molecule has 0 saturated heterocycles. The number of carbonyl (C=O) groups excluding carboxylic acids is 2. The molecule has 0 amide bonds. The fourth-order valence-corrected chi connectivity index (χ4v) is 1.35. The molecule has 6 nitrogen and oxygen atoms in total. The van der Waals surface area contributed by atoms with Gasteiger partial charge in [0.2, 0.25) is 0 Å². The van der Waals surface area contributed by atoms with Crippen LogP contribution in [0, 0.1) is 0 Å². The van der Waals surface area contributed by atoms with E-state index >= 15 is 0 Å². The maximum atomic E-state index is 11.5. The Hall–Kier alpha value is -0.941. The van der Waals surface area contributed by atoms with Gasteiger partial charge in [-0.25, -0.2) is 0 Å². The zero-order valence-electron chi connectivity index (χ0n) is 11.8. The monoisotopic (exact) mass is 412 g/mol. The first kappa shape index (κ1) is 19.1. The van der Waals surface area contributed by atoms with E-state index in [1.165, 1.54) is 0 Å². The van der Waals surface area contributed by atoms with Gasteiger partial charge in [-0.2, -0.15) is 0 Å². The quantitative estimate of drug-likeness (QED) is 0.287. The summed E-state index contributed by atoms with van der Waals surface area (Å²) in [6.07, 6.45) is 0. The predicted octanol–water partition coefficient (Wildman–Crippen LogP) is 1.36. The molecule has 0 rings (SSSR count). The standard InChI is InChI=1S/C12H16N2O4Se2/c1-5-17-11(15)9(19)7(3)13-14-8(4)10(20)12(16)18-6-2/h5-6H2,1-4H3/b9-7-,10-8-,14-13+. The van der Waals surface area contributed by atoms with Crippen molar-refractivity contribution in [2.24, 2.45) is 10.2 Å². The molecule has 0 heterocycles. The van der Waals surface area contributed by atoms with E-state index in [4.69, 9.17) is 9.47 Å². The van der Waals surface area contributed by atoms with E-state index in [9.17, 15) is 9.59 Å². The molecule has 0 atom stereocenters. The minimum atomic E-state index is -0.487. The number of hydrogen-bond acceptors (Lipinski definition) is 6. The zero-order valence-corrected chi connectivity index (χ0v) is 15.2. The molecule has 110 valence electrons. The summed E-state index contributed by atoms with van der Waals surface area (Å²) >= 11 is 5.19. The molecule has 0 N–H and O–H groups in total. The number of nitrogens with zero attached hydrogens (tertiary/aromatic N) is 2. The van der Waals surface area contributed by atoms with Gasteiger partial charge >= 0.3 is 135 Å². The number of allylic oxidation sites excluding steroid dienone is 2. The molecule has 0 aromatic heterocycles. The summed E-state index contributed by atoms with van der Waals surface area (Å²) in [7, 11) is 0. The van der Waals surface area contributed by atoms with E-state index in [-0.39, 0.29) is 22.2 Å². The second-order valence-electron chi connectivity index (χ2n) is 3.47. The summed E-state index contributed by atoms with van der Waals surface area (Å²) in [5, 5.41) is 7.76. The van der Waals surface area contributed by atoms with Crippen LogP contribution in [-0.2, 0) is 19.1 Å². The van der Waals surface area contributed by atoms with Gasteiger partial charge in [0, 0.05) is 0 Å². The van der Waals surface area contributed by atoms with E-state index in [1.807, 2.05) is 0 Å². The SMILES string of the molecule is CCOC(=O)/C([Se])=C(C)/N=N/C(C)=C(\[Se])C(=O)OCC. The van der Waals surface area contributed by atoms with Crippen molar-refractivity contribution >= 4 is 44.0 Å². The Balaban J connectivity index is 5.02. The van der Waals surface area contributed by atoms with Crippen LogP contribution < -0.4 is 0 Å². The van der Waals surface area contributed by atoms with Gasteiger partial charge < -0.3 is 0 Å². The average molecular weight is 410 g/mol. The zero-order chi connectivity index (χ0) is 15.7. The van der Waals surface area contributed by atoms with Crippen molar-refractivity contribution in [3.8, 4) is 0 Å². The summed E-state index contributed by atoms with van der Waals surface area (Å²) in [6.45, 7) is 7.22. The van der Waals surface area contributed by atoms with Crippen molar-refractivity contribution in [1.82, 2.24) is 0 Å². The third-order valence-electron chi connectivity index (χ3n) is 1.93. The van der Waals surface area contributed by atoms with Crippen molar-refractivity contribution in [2.45, 2.75) is 27.7 Å². The Morgan fingerprint density at radius 1 is 0.850 bits per heavy atom. The van der Waals surface area contributed by atoms with Gasteiger partial charge in [0.1, 0.15) is 0 Å². The molecule has 20 heavy (non-hydrogen) atoms. The summed E-state index contributed by atoms with van der Waals surface area (Å²) in [5.74, 6) is -0.974. The van der Waals surface area contributed by atoms with Crippen molar-refractivity contribution in [2.75, 3.05) is 13.2 Å². The van der Waals surface area contributed by atoms with Gasteiger partial charge in [-0.15, -0.1) is 0 Å². The van der Waals surface area contributed by atoms with Crippen LogP contribution in [0.3, 0.4) is 0 Å². The van der Waals surface area contributed by atoms with Gasteiger partial charge in [0.05, 0.1) is 0 Å². The molecule has 0 bridgehead atoms. The first-order valence-corrected chi connectivity index (χ1v) is 7.58. The Kier molecular flexibility index (Phi) is 9.42. The fraction of sp³-hybridized carbons (Fsp3) is 0.500. The molecule has 0 aliphatic carbocycles. The Morgan fingerprint density at radius 3 is 1.40 bits per heavy atom. The Morgan fingerprint density at radius 2 is 1.15 bits per heavy atom. The normalized spacial score (nSPS) is 13.6. The summed E-state index contributed by atoms with van der Waals surface area (Å²) < 4.78 is 10.2. The summed E-state index contributed by atoms with van der Waals surface area (Å²) in [4.78, 5) is 22.9. The fourth-order valence-electron chi connectivity index (χ4n) is 0.930. The van der Waals surface area contributed by atoms with Crippen molar-refractivity contribution in [1.29, 1.82) is 0 Å². The molecule has 0 unspecified atom stereocenters. The molecule has 0 spiro atoms. The molecule has 0 aromatic rings. The summed E-state index contributed by atoms with van der Waals surface area (Å²) in [6, 6.07) is 0. The molecule has 8 heteroatoms. The van der Waals surface area contributed by atoms with Crippen LogP contribution >= 0.6 is 0 Å². The van der Waals surface area contributed by atoms with Gasteiger partial charge in [0.25, 0.3) is 0 Å². The maximum absolute atomic E-state index is 11.5. The van der Waals surface area contributed by atoms with Crippen LogP contribution in [0.2, 0.25) is 0 Å². The molecule has 0 aliphatic heterocycles. The van der Waals surface area contributed by atoms with Gasteiger partial charge in [0.15, 0.2) is 0 Å². The van der Waals surface area contributed by atoms with Crippen LogP contribution in [0.1, 0.15) is 27.7 Å². The third kappa shape index (κ3) is 6.48.